The van der Waals surface area contributed by atoms with Gasteiger partial charge in [0.25, 0.3) is 0 Å². The van der Waals surface area contributed by atoms with Gasteiger partial charge in [0.05, 0.1) is 38.8 Å². The smallest absolute Gasteiger partial charge is 0.148 e. The predicted octanol–water partition coefficient (Wildman–Crippen LogP) is 18.1. The number of phenols is 1. The minimum absolute atomic E-state index is 0. The minimum atomic E-state index is -0.342. The first-order chi connectivity index (χ1) is 34.7. The van der Waals surface area contributed by atoms with Gasteiger partial charge in [0.15, 0.2) is 0 Å². The number of benzene rings is 8. The van der Waals surface area contributed by atoms with Crippen molar-refractivity contribution in [3.63, 3.8) is 0 Å². The van der Waals surface area contributed by atoms with Crippen LogP contribution in [-0.2, 0) is 42.7 Å². The summed E-state index contributed by atoms with van der Waals surface area (Å²) >= 11 is 0. The van der Waals surface area contributed by atoms with Gasteiger partial charge in [-0.15, -0.1) is 29.3 Å². The Kier molecular flexibility index (Phi) is 11.5. The summed E-state index contributed by atoms with van der Waals surface area (Å²) in [7, 11) is 0. The molecular formula is C68H63N4OPt-. The van der Waals surface area contributed by atoms with E-state index >= 15 is 0 Å². The maximum atomic E-state index is 12.7. The molecule has 372 valence electrons. The number of imidazole rings is 1. The number of para-hydroxylation sites is 3. The Morgan fingerprint density at radius 2 is 1.05 bits per heavy atom. The number of fused-ring (bicyclic) bond motifs is 6. The molecule has 0 spiro atoms. The van der Waals surface area contributed by atoms with E-state index in [1.54, 1.807) is 0 Å². The second kappa shape index (κ2) is 17.3. The van der Waals surface area contributed by atoms with Gasteiger partial charge in [-0.1, -0.05) is 197 Å². The van der Waals surface area contributed by atoms with E-state index in [1.807, 2.05) is 0 Å². The third-order valence-electron chi connectivity index (χ3n) is 15.3. The molecule has 4 heterocycles. The number of aromatic nitrogens is 4. The Bertz CT molecular complexity index is 4190. The molecule has 0 unspecified atom stereocenters. The van der Waals surface area contributed by atoms with Crippen LogP contribution in [0, 0.1) is 6.07 Å². The Labute approximate surface area is 449 Å². The Hall–Kier alpha value is -7.07. The minimum Gasteiger partial charge on any atom is -0.507 e. The molecule has 8 aromatic carbocycles. The molecule has 0 atom stereocenters. The van der Waals surface area contributed by atoms with Crippen molar-refractivity contribution in [2.75, 3.05) is 0 Å². The van der Waals surface area contributed by atoms with Crippen LogP contribution in [0.2, 0.25) is 0 Å². The maximum absolute atomic E-state index is 12.7. The first-order valence-electron chi connectivity index (χ1n) is 25.8. The fraction of sp³-hybridized carbons (Fsp3) is 0.235. The molecule has 0 aliphatic rings. The van der Waals surface area contributed by atoms with Crippen molar-refractivity contribution in [1.29, 1.82) is 0 Å². The van der Waals surface area contributed by atoms with Crippen LogP contribution in [0.3, 0.4) is 0 Å². The van der Waals surface area contributed by atoms with Crippen LogP contribution in [0.4, 0.5) is 0 Å². The monoisotopic (exact) mass is 1150 g/mol. The third-order valence-corrected chi connectivity index (χ3v) is 15.3. The van der Waals surface area contributed by atoms with E-state index in [1.165, 1.54) is 43.7 Å². The molecule has 12 rings (SSSR count). The van der Waals surface area contributed by atoms with Gasteiger partial charge in [0, 0.05) is 71.0 Å². The molecule has 4 aromatic heterocycles. The number of phenolic OH excluding ortho intramolecular Hbond substituents is 1. The van der Waals surface area contributed by atoms with E-state index in [0.29, 0.717) is 11.4 Å². The summed E-state index contributed by atoms with van der Waals surface area (Å²) in [4.78, 5) is 11.2. The first-order valence-corrected chi connectivity index (χ1v) is 25.8. The molecule has 5 nitrogen and oxygen atoms in total. The van der Waals surface area contributed by atoms with E-state index in [-0.39, 0.29) is 48.5 Å². The van der Waals surface area contributed by atoms with Gasteiger partial charge >= 0.3 is 0 Å². The predicted molar refractivity (Wildman–Crippen MR) is 308 cm³/mol. The van der Waals surface area contributed by atoms with Crippen LogP contribution in [0.15, 0.2) is 158 Å². The third kappa shape index (κ3) is 7.84. The number of aromatic hydroxyl groups is 1. The number of hydrogen-bond donors (Lipinski definition) is 1. The summed E-state index contributed by atoms with van der Waals surface area (Å²) in [5.74, 6) is 0.932. The van der Waals surface area contributed by atoms with Gasteiger partial charge in [-0.2, -0.15) is 0 Å². The molecule has 0 saturated carbocycles. The Morgan fingerprint density at radius 3 is 1.77 bits per heavy atom. The number of hydrogen-bond acceptors (Lipinski definition) is 3. The molecule has 0 saturated heterocycles. The molecule has 12 aromatic rings. The molecule has 0 radical (unpaired) electrons. The maximum Gasteiger partial charge on any atom is 0.148 e. The summed E-state index contributed by atoms with van der Waals surface area (Å²) in [6, 6.07) is 59.0. The summed E-state index contributed by atoms with van der Waals surface area (Å²) < 4.78 is 4.75. The first kappa shape index (κ1) is 49.2. The average molecular weight is 1150 g/mol. The topological polar surface area (TPSA) is 55.4 Å². The standard InChI is InChI=1S/C68H63N4O.Pt/c1-65(2,3)43-31-32-56(51(36-43)40-21-14-13-15-22-40)72-58-30-19-24-46(61(58)70-64(72)52-37-45(67(7,8)9)38-54(63(52)73)68(10,11)12)41-33-42(35-44(34-41)66(4,5)6)60-50-27-20-29-57-59(50)53(39-69-60)49-26-18-25-48-47-23-16-17-28-55(47)71(57)62(48)49;/h13-32,34-39,73H,1-12H3;/q-1;. The fourth-order valence-electron chi connectivity index (χ4n) is 11.2. The van der Waals surface area contributed by atoms with Crippen molar-refractivity contribution >= 4 is 59.9 Å². The molecule has 0 bridgehead atoms. The van der Waals surface area contributed by atoms with E-state index in [4.69, 9.17) is 9.97 Å². The quantitative estimate of drug-likeness (QED) is 0.106. The summed E-state index contributed by atoms with van der Waals surface area (Å²) in [5, 5.41) is 19.8. The van der Waals surface area contributed by atoms with E-state index < -0.39 is 0 Å². The van der Waals surface area contributed by atoms with Gasteiger partial charge in [-0.05, 0) is 80.1 Å². The SMILES string of the molecule is CC(C)(C)c1cc(-c2ncc3c4cccc5c6ccccc6n(c6cccc2c36)c45)[c-]c(-c2cccc3c2nc(-c2cc(C(C)(C)C)cc(C(C)(C)C)c2O)n3-c2ccc(C(C)(C)C)cc2-c2ccccc2)c1.[Pt]. The zero-order valence-electron chi connectivity index (χ0n) is 44.6. The van der Waals surface area contributed by atoms with Crippen LogP contribution in [0.5, 0.6) is 5.75 Å². The van der Waals surface area contributed by atoms with Crippen LogP contribution >= 0.6 is 0 Å². The van der Waals surface area contributed by atoms with E-state index in [0.717, 1.165) is 77.6 Å². The van der Waals surface area contributed by atoms with Crippen molar-refractivity contribution in [2.45, 2.75) is 105 Å². The number of pyridine rings is 2. The number of rotatable bonds is 5. The van der Waals surface area contributed by atoms with Gasteiger partial charge in [0.2, 0.25) is 0 Å². The van der Waals surface area contributed by atoms with Crippen molar-refractivity contribution in [3.05, 3.63) is 186 Å². The Balaban J connectivity index is 0.00000588. The van der Waals surface area contributed by atoms with Gasteiger partial charge in [-0.25, -0.2) is 4.98 Å². The van der Waals surface area contributed by atoms with E-state index in [2.05, 4.69) is 256 Å². The average Bonchev–Trinajstić information content (AvgIpc) is 3.91. The van der Waals surface area contributed by atoms with Crippen molar-refractivity contribution < 1.29 is 26.2 Å². The van der Waals surface area contributed by atoms with Gasteiger partial charge in [0.1, 0.15) is 11.6 Å². The van der Waals surface area contributed by atoms with Crippen molar-refractivity contribution in [3.8, 4) is 56.3 Å². The molecule has 1 N–H and O–H groups in total. The van der Waals surface area contributed by atoms with E-state index in [9.17, 15) is 5.11 Å². The Morgan fingerprint density at radius 1 is 0.473 bits per heavy atom. The molecule has 0 amide bonds. The second-order valence-corrected chi connectivity index (χ2v) is 24.4. The van der Waals surface area contributed by atoms with Crippen LogP contribution in [0.25, 0.3) is 110 Å². The van der Waals surface area contributed by atoms with Crippen LogP contribution < -0.4 is 0 Å². The van der Waals surface area contributed by atoms with Crippen LogP contribution in [0.1, 0.15) is 105 Å². The summed E-state index contributed by atoms with van der Waals surface area (Å²) in [6.45, 7) is 26.9. The zero-order chi connectivity index (χ0) is 51.1. The summed E-state index contributed by atoms with van der Waals surface area (Å²) in [6.07, 6.45) is 2.09. The summed E-state index contributed by atoms with van der Waals surface area (Å²) in [5.41, 5.74) is 16.6. The number of nitrogens with zero attached hydrogens (tertiary/aromatic N) is 4. The fourth-order valence-corrected chi connectivity index (χ4v) is 11.2. The second-order valence-electron chi connectivity index (χ2n) is 24.4. The van der Waals surface area contributed by atoms with Gasteiger partial charge in [-0.3, -0.25) is 9.55 Å². The molecule has 0 aliphatic carbocycles. The largest absolute Gasteiger partial charge is 0.507 e. The van der Waals surface area contributed by atoms with Gasteiger partial charge < -0.3 is 9.51 Å². The molecule has 74 heavy (non-hydrogen) atoms. The molecule has 0 fully saturated rings. The zero-order valence-corrected chi connectivity index (χ0v) is 46.8. The molecular weight excluding hydrogens is 1080 g/mol. The molecule has 0 aliphatic heterocycles. The van der Waals surface area contributed by atoms with Crippen molar-refractivity contribution in [1.82, 2.24) is 18.9 Å². The normalized spacial score (nSPS) is 12.8. The molecule has 6 heteroatoms. The van der Waals surface area contributed by atoms with Crippen molar-refractivity contribution in [2.24, 2.45) is 0 Å². The van der Waals surface area contributed by atoms with Crippen LogP contribution in [-0.4, -0.2) is 24.0 Å².